The Balaban J connectivity index is 1.75. The Labute approximate surface area is 126 Å². The summed E-state index contributed by atoms with van der Waals surface area (Å²) in [5.74, 6) is 0.846. The molecule has 0 saturated heterocycles. The fourth-order valence-electron chi connectivity index (χ4n) is 1.47. The highest BCUT2D eigenvalue weighted by molar-refractivity contribution is 7.99. The van der Waals surface area contributed by atoms with Gasteiger partial charge in [-0.3, -0.25) is 4.79 Å². The van der Waals surface area contributed by atoms with Crippen LogP contribution in [-0.2, 0) is 7.05 Å². The number of thioether (sulfide) groups is 1. The molecule has 2 heterocycles. The average Bonchev–Trinajstić information content (AvgIpc) is 2.90. The van der Waals surface area contributed by atoms with Crippen LogP contribution in [-0.4, -0.2) is 49.8 Å². The largest absolute Gasteiger partial charge is 0.477 e. The van der Waals surface area contributed by atoms with Gasteiger partial charge >= 0.3 is 0 Å². The Morgan fingerprint density at radius 1 is 1.38 bits per heavy atom. The molecule has 112 valence electrons. The summed E-state index contributed by atoms with van der Waals surface area (Å²) in [6, 6.07) is 3.21. The number of nitrogens with zero attached hydrogens (tertiary/aromatic N) is 5. The summed E-state index contributed by atoms with van der Waals surface area (Å²) < 4.78 is 6.99. The Bertz CT molecular complexity index is 586. The minimum atomic E-state index is -0.260. The van der Waals surface area contributed by atoms with E-state index < -0.39 is 0 Å². The zero-order chi connectivity index (χ0) is 15.1. The third-order valence-electron chi connectivity index (χ3n) is 2.45. The third-order valence-corrected chi connectivity index (χ3v) is 3.49. The Hall–Kier alpha value is -2.16. The van der Waals surface area contributed by atoms with E-state index in [1.807, 2.05) is 18.5 Å². The molecule has 0 aromatic carbocycles. The molecule has 2 rings (SSSR count). The minimum Gasteiger partial charge on any atom is -0.477 e. The van der Waals surface area contributed by atoms with Gasteiger partial charge in [0.05, 0.1) is 6.61 Å². The van der Waals surface area contributed by atoms with Gasteiger partial charge in [-0.15, -0.1) is 20.4 Å². The SMILES string of the molecule is CCOc1ccc(C(=O)NCCSc2nncn2C)nn1. The molecule has 8 nitrogen and oxygen atoms in total. The second-order valence-electron chi connectivity index (χ2n) is 4.02. The van der Waals surface area contributed by atoms with Gasteiger partial charge in [-0.1, -0.05) is 11.8 Å². The molecule has 1 N–H and O–H groups in total. The van der Waals surface area contributed by atoms with Crippen LogP contribution in [0.2, 0.25) is 0 Å². The zero-order valence-electron chi connectivity index (χ0n) is 11.8. The molecule has 0 radical (unpaired) electrons. The first-order chi connectivity index (χ1) is 10.2. The lowest BCUT2D eigenvalue weighted by Gasteiger charge is -2.05. The summed E-state index contributed by atoms with van der Waals surface area (Å²) in [7, 11) is 1.87. The number of amides is 1. The van der Waals surface area contributed by atoms with Crippen LogP contribution in [0.25, 0.3) is 0 Å². The van der Waals surface area contributed by atoms with E-state index in [1.165, 1.54) is 11.8 Å². The first-order valence-corrected chi connectivity index (χ1v) is 7.40. The summed E-state index contributed by atoms with van der Waals surface area (Å²) >= 11 is 1.52. The minimum absolute atomic E-state index is 0.260. The van der Waals surface area contributed by atoms with E-state index >= 15 is 0 Å². The number of aryl methyl sites for hydroxylation is 1. The lowest BCUT2D eigenvalue weighted by Crippen LogP contribution is -2.26. The number of rotatable bonds is 7. The first-order valence-electron chi connectivity index (χ1n) is 6.42. The molecule has 1 amide bonds. The van der Waals surface area contributed by atoms with Crippen molar-refractivity contribution in [3.8, 4) is 5.88 Å². The predicted molar refractivity (Wildman–Crippen MR) is 77.3 cm³/mol. The van der Waals surface area contributed by atoms with E-state index in [0.29, 0.717) is 24.8 Å². The van der Waals surface area contributed by atoms with Crippen molar-refractivity contribution in [2.45, 2.75) is 12.1 Å². The number of aromatic nitrogens is 5. The molecule has 2 aromatic heterocycles. The zero-order valence-corrected chi connectivity index (χ0v) is 12.6. The van der Waals surface area contributed by atoms with Crippen LogP contribution in [0.4, 0.5) is 0 Å². The molecule has 0 aliphatic heterocycles. The van der Waals surface area contributed by atoms with Crippen molar-refractivity contribution in [1.29, 1.82) is 0 Å². The van der Waals surface area contributed by atoms with Gasteiger partial charge in [0.25, 0.3) is 5.91 Å². The maximum Gasteiger partial charge on any atom is 0.271 e. The lowest BCUT2D eigenvalue weighted by molar-refractivity contribution is 0.0950. The molecule has 0 spiro atoms. The smallest absolute Gasteiger partial charge is 0.271 e. The third kappa shape index (κ3) is 4.42. The Morgan fingerprint density at radius 3 is 2.86 bits per heavy atom. The molecular weight excluding hydrogens is 292 g/mol. The number of hydrogen-bond acceptors (Lipinski definition) is 7. The van der Waals surface area contributed by atoms with Gasteiger partial charge in [-0.25, -0.2) is 0 Å². The van der Waals surface area contributed by atoms with E-state index in [-0.39, 0.29) is 11.6 Å². The molecule has 0 unspecified atom stereocenters. The van der Waals surface area contributed by atoms with Gasteiger partial charge in [-0.2, -0.15) is 0 Å². The van der Waals surface area contributed by atoms with Crippen LogP contribution >= 0.6 is 11.8 Å². The van der Waals surface area contributed by atoms with Crippen molar-refractivity contribution in [1.82, 2.24) is 30.3 Å². The summed E-state index contributed by atoms with van der Waals surface area (Å²) in [5.41, 5.74) is 0.266. The van der Waals surface area contributed by atoms with Crippen LogP contribution in [0.3, 0.4) is 0 Å². The van der Waals surface area contributed by atoms with E-state index in [0.717, 1.165) is 5.16 Å². The molecule has 9 heteroatoms. The fourth-order valence-corrected chi connectivity index (χ4v) is 2.21. The van der Waals surface area contributed by atoms with Crippen molar-refractivity contribution in [3.63, 3.8) is 0 Å². The van der Waals surface area contributed by atoms with Crippen LogP contribution in [0.5, 0.6) is 5.88 Å². The monoisotopic (exact) mass is 308 g/mol. The summed E-state index contributed by atoms with van der Waals surface area (Å²) in [5, 5.41) is 18.9. The maximum absolute atomic E-state index is 11.8. The van der Waals surface area contributed by atoms with Gasteiger partial charge < -0.3 is 14.6 Å². The van der Waals surface area contributed by atoms with Gasteiger partial charge in [0.15, 0.2) is 10.9 Å². The molecule has 0 saturated carbocycles. The maximum atomic E-state index is 11.8. The molecule has 0 bridgehead atoms. The van der Waals surface area contributed by atoms with E-state index in [1.54, 1.807) is 18.5 Å². The topological polar surface area (TPSA) is 94.8 Å². The summed E-state index contributed by atoms with van der Waals surface area (Å²) in [6.07, 6.45) is 1.64. The first kappa shape index (κ1) is 15.2. The second-order valence-corrected chi connectivity index (χ2v) is 5.08. The Morgan fingerprint density at radius 2 is 2.24 bits per heavy atom. The fraction of sp³-hybridized carbons (Fsp3) is 0.417. The van der Waals surface area contributed by atoms with E-state index in [4.69, 9.17) is 4.74 Å². The van der Waals surface area contributed by atoms with Gasteiger partial charge in [0, 0.05) is 25.4 Å². The molecule has 0 aliphatic carbocycles. The van der Waals surface area contributed by atoms with Crippen LogP contribution < -0.4 is 10.1 Å². The summed E-state index contributed by atoms with van der Waals surface area (Å²) in [6.45, 7) is 2.88. The molecule has 0 atom stereocenters. The predicted octanol–water partition coefficient (Wildman–Crippen LogP) is 0.526. The number of carbonyl (C=O) groups is 1. The van der Waals surface area contributed by atoms with Crippen LogP contribution in [0.15, 0.2) is 23.6 Å². The van der Waals surface area contributed by atoms with Gasteiger partial charge in [0.1, 0.15) is 6.33 Å². The standard InChI is InChI=1S/C12H16N6O2S/c1-3-20-10-5-4-9(15-16-10)11(19)13-6-7-21-12-17-14-8-18(12)2/h4-5,8H,3,6-7H2,1-2H3,(H,13,19). The highest BCUT2D eigenvalue weighted by Gasteiger charge is 2.08. The molecule has 2 aromatic rings. The molecule has 0 fully saturated rings. The number of hydrogen-bond donors (Lipinski definition) is 1. The van der Waals surface area contributed by atoms with Crippen LogP contribution in [0.1, 0.15) is 17.4 Å². The number of carbonyl (C=O) groups excluding carboxylic acids is 1. The average molecular weight is 308 g/mol. The lowest BCUT2D eigenvalue weighted by atomic mass is 10.3. The quantitative estimate of drug-likeness (QED) is 0.588. The van der Waals surface area contributed by atoms with Crippen molar-refractivity contribution in [2.75, 3.05) is 18.9 Å². The van der Waals surface area contributed by atoms with Crippen molar-refractivity contribution >= 4 is 17.7 Å². The van der Waals surface area contributed by atoms with E-state index in [9.17, 15) is 4.79 Å². The van der Waals surface area contributed by atoms with Crippen molar-refractivity contribution in [3.05, 3.63) is 24.2 Å². The van der Waals surface area contributed by atoms with Crippen molar-refractivity contribution < 1.29 is 9.53 Å². The molecule has 21 heavy (non-hydrogen) atoms. The van der Waals surface area contributed by atoms with Gasteiger partial charge in [0.2, 0.25) is 5.88 Å². The highest BCUT2D eigenvalue weighted by atomic mass is 32.2. The van der Waals surface area contributed by atoms with Crippen LogP contribution in [0, 0.1) is 0 Å². The number of ether oxygens (including phenoxy) is 1. The second kappa shape index (κ2) is 7.58. The Kier molecular flexibility index (Phi) is 5.50. The molecule has 0 aliphatic rings. The highest BCUT2D eigenvalue weighted by Crippen LogP contribution is 2.11. The normalized spacial score (nSPS) is 10.4. The van der Waals surface area contributed by atoms with Gasteiger partial charge in [-0.05, 0) is 13.0 Å². The van der Waals surface area contributed by atoms with Crippen molar-refractivity contribution in [2.24, 2.45) is 7.05 Å². The number of nitrogens with one attached hydrogen (secondary N) is 1. The van der Waals surface area contributed by atoms with E-state index in [2.05, 4.69) is 25.7 Å². The summed E-state index contributed by atoms with van der Waals surface area (Å²) in [4.78, 5) is 11.8. The molecular formula is C12H16N6O2S.